The molecule has 0 aromatic heterocycles. The first-order valence-electron chi connectivity index (χ1n) is 8.78. The fourth-order valence-electron chi connectivity index (χ4n) is 3.27. The number of carbonyl (C=O) groups is 2. The van der Waals surface area contributed by atoms with Gasteiger partial charge in [0.25, 0.3) is 0 Å². The molecular formula is C18H22FN5O3. The van der Waals surface area contributed by atoms with Gasteiger partial charge in [0.2, 0.25) is 5.91 Å². The van der Waals surface area contributed by atoms with Gasteiger partial charge in [0, 0.05) is 20.0 Å². The van der Waals surface area contributed by atoms with Gasteiger partial charge in [-0.1, -0.05) is 0 Å². The number of benzene rings is 1. The topological polar surface area (TPSA) is 112 Å². The summed E-state index contributed by atoms with van der Waals surface area (Å²) in [6.07, 6.45) is -0.116. The largest absolute Gasteiger partial charge is 0.442 e. The minimum atomic E-state index is -0.852. The standard InChI is InChI=1S/C18H22FN5O3/c1-12(25)22-9-14-10-24(17(26)27-14)13-2-3-16(15(19)8-13)23-6-4-18(21,11-20)5-7-23/h2-3,8,14H,4-7,9-10,21H2,1H3,(H,22,25). The Bertz CT molecular complexity index is 786. The van der Waals surface area contributed by atoms with Crippen LogP contribution >= 0.6 is 0 Å². The summed E-state index contributed by atoms with van der Waals surface area (Å²) >= 11 is 0. The number of nitrogens with zero attached hydrogens (tertiary/aromatic N) is 3. The van der Waals surface area contributed by atoms with Gasteiger partial charge in [0.15, 0.2) is 0 Å². The number of anilines is 2. The van der Waals surface area contributed by atoms with E-state index in [1.54, 1.807) is 12.1 Å². The Morgan fingerprint density at radius 3 is 2.78 bits per heavy atom. The number of nitrogens with one attached hydrogen (secondary N) is 1. The average Bonchev–Trinajstić information content (AvgIpc) is 3.02. The molecule has 2 fully saturated rings. The summed E-state index contributed by atoms with van der Waals surface area (Å²) in [7, 11) is 0. The number of cyclic esters (lactones) is 1. The predicted molar refractivity (Wildman–Crippen MR) is 96.7 cm³/mol. The van der Waals surface area contributed by atoms with Crippen LogP contribution in [0.4, 0.5) is 20.6 Å². The van der Waals surface area contributed by atoms with Crippen molar-refractivity contribution < 1.29 is 18.7 Å². The van der Waals surface area contributed by atoms with Gasteiger partial charge in [0.05, 0.1) is 30.5 Å². The second-order valence-electron chi connectivity index (χ2n) is 6.94. The van der Waals surface area contributed by atoms with E-state index in [0.29, 0.717) is 37.3 Å². The number of piperidine rings is 1. The molecule has 2 saturated heterocycles. The van der Waals surface area contributed by atoms with E-state index >= 15 is 0 Å². The normalized spacial score (nSPS) is 21.6. The summed E-state index contributed by atoms with van der Waals surface area (Å²) in [6, 6.07) is 6.69. The molecule has 3 rings (SSSR count). The van der Waals surface area contributed by atoms with E-state index in [4.69, 9.17) is 15.7 Å². The van der Waals surface area contributed by atoms with Gasteiger partial charge in [0.1, 0.15) is 17.5 Å². The zero-order valence-corrected chi connectivity index (χ0v) is 15.1. The molecule has 2 aliphatic heterocycles. The molecule has 3 N–H and O–H groups in total. The quantitative estimate of drug-likeness (QED) is 0.815. The molecule has 0 radical (unpaired) electrons. The molecule has 0 saturated carbocycles. The van der Waals surface area contributed by atoms with Crippen LogP contribution in [0.1, 0.15) is 19.8 Å². The highest BCUT2D eigenvalue weighted by atomic mass is 19.1. The van der Waals surface area contributed by atoms with Crippen molar-refractivity contribution in [3.8, 4) is 6.07 Å². The minimum absolute atomic E-state index is 0.209. The molecular weight excluding hydrogens is 353 g/mol. The first-order valence-corrected chi connectivity index (χ1v) is 8.78. The Labute approximate surface area is 156 Å². The Kier molecular flexibility index (Phi) is 5.19. The summed E-state index contributed by atoms with van der Waals surface area (Å²) < 4.78 is 19.9. The van der Waals surface area contributed by atoms with Crippen molar-refractivity contribution in [3.63, 3.8) is 0 Å². The first-order chi connectivity index (χ1) is 12.8. The van der Waals surface area contributed by atoms with Crippen molar-refractivity contribution in [1.82, 2.24) is 5.32 Å². The summed E-state index contributed by atoms with van der Waals surface area (Å²) in [5, 5.41) is 11.7. The molecule has 0 aliphatic carbocycles. The van der Waals surface area contributed by atoms with Crippen LogP contribution in [-0.4, -0.2) is 49.8 Å². The van der Waals surface area contributed by atoms with E-state index in [-0.39, 0.29) is 19.0 Å². The van der Waals surface area contributed by atoms with Crippen LogP contribution in [0.25, 0.3) is 0 Å². The molecule has 144 valence electrons. The average molecular weight is 375 g/mol. The van der Waals surface area contributed by atoms with E-state index in [1.165, 1.54) is 17.9 Å². The molecule has 8 nitrogen and oxygen atoms in total. The lowest BCUT2D eigenvalue weighted by Crippen LogP contribution is -2.49. The molecule has 0 spiro atoms. The van der Waals surface area contributed by atoms with Gasteiger partial charge >= 0.3 is 6.09 Å². The van der Waals surface area contributed by atoms with Crippen LogP contribution in [0.15, 0.2) is 18.2 Å². The third-order valence-electron chi connectivity index (χ3n) is 4.91. The van der Waals surface area contributed by atoms with E-state index < -0.39 is 23.6 Å². The van der Waals surface area contributed by atoms with Gasteiger partial charge in [-0.3, -0.25) is 9.69 Å². The van der Waals surface area contributed by atoms with Crippen LogP contribution in [0.3, 0.4) is 0 Å². The maximum Gasteiger partial charge on any atom is 0.414 e. The van der Waals surface area contributed by atoms with Crippen molar-refractivity contribution in [2.24, 2.45) is 5.73 Å². The van der Waals surface area contributed by atoms with Crippen molar-refractivity contribution in [3.05, 3.63) is 24.0 Å². The van der Waals surface area contributed by atoms with Crippen molar-refractivity contribution in [1.29, 1.82) is 5.26 Å². The van der Waals surface area contributed by atoms with Crippen LogP contribution < -0.4 is 20.9 Å². The summed E-state index contributed by atoms with van der Waals surface area (Å²) in [4.78, 5) is 26.2. The van der Waals surface area contributed by atoms with Crippen LogP contribution in [0.2, 0.25) is 0 Å². The molecule has 27 heavy (non-hydrogen) atoms. The van der Waals surface area contributed by atoms with Gasteiger partial charge in [-0.15, -0.1) is 0 Å². The highest BCUT2D eigenvalue weighted by Crippen LogP contribution is 2.30. The predicted octanol–water partition coefficient (Wildman–Crippen LogP) is 1.11. The minimum Gasteiger partial charge on any atom is -0.442 e. The number of nitrogens with two attached hydrogens (primary N) is 1. The monoisotopic (exact) mass is 375 g/mol. The molecule has 2 amide bonds. The molecule has 2 heterocycles. The van der Waals surface area contributed by atoms with Crippen molar-refractivity contribution in [2.45, 2.75) is 31.4 Å². The Morgan fingerprint density at radius 2 is 2.19 bits per heavy atom. The third-order valence-corrected chi connectivity index (χ3v) is 4.91. The molecule has 1 aromatic carbocycles. The van der Waals surface area contributed by atoms with E-state index in [1.807, 2.05) is 4.90 Å². The number of nitriles is 1. The van der Waals surface area contributed by atoms with Gasteiger partial charge < -0.3 is 20.7 Å². The zero-order valence-electron chi connectivity index (χ0n) is 15.1. The Morgan fingerprint density at radius 1 is 1.48 bits per heavy atom. The van der Waals surface area contributed by atoms with Crippen molar-refractivity contribution in [2.75, 3.05) is 36.0 Å². The molecule has 1 aromatic rings. The summed E-state index contributed by atoms with van der Waals surface area (Å²) in [5.41, 5.74) is 5.91. The second kappa shape index (κ2) is 7.40. The van der Waals surface area contributed by atoms with Gasteiger partial charge in [-0.05, 0) is 31.0 Å². The fraction of sp³-hybridized carbons (Fsp3) is 0.500. The van der Waals surface area contributed by atoms with Crippen LogP contribution in [0, 0.1) is 17.1 Å². The molecule has 2 aliphatic rings. The van der Waals surface area contributed by atoms with Crippen molar-refractivity contribution >= 4 is 23.4 Å². The summed E-state index contributed by atoms with van der Waals surface area (Å²) in [6.45, 7) is 2.81. The lowest BCUT2D eigenvalue weighted by molar-refractivity contribution is -0.119. The van der Waals surface area contributed by atoms with E-state index in [9.17, 15) is 14.0 Å². The van der Waals surface area contributed by atoms with Gasteiger partial charge in [-0.2, -0.15) is 5.26 Å². The highest BCUT2D eigenvalue weighted by Gasteiger charge is 2.34. The lowest BCUT2D eigenvalue weighted by atomic mass is 9.90. The third kappa shape index (κ3) is 4.11. The fourth-order valence-corrected chi connectivity index (χ4v) is 3.27. The molecule has 9 heteroatoms. The number of carbonyl (C=O) groups excluding carboxylic acids is 2. The van der Waals surface area contributed by atoms with E-state index in [2.05, 4.69) is 11.4 Å². The van der Waals surface area contributed by atoms with Gasteiger partial charge in [-0.25, -0.2) is 9.18 Å². The Hall–Kier alpha value is -2.86. The number of halogens is 1. The van der Waals surface area contributed by atoms with Crippen LogP contribution in [-0.2, 0) is 9.53 Å². The number of hydrogen-bond donors (Lipinski definition) is 2. The zero-order chi connectivity index (χ0) is 19.6. The molecule has 0 bridgehead atoms. The number of hydrogen-bond acceptors (Lipinski definition) is 6. The number of ether oxygens (including phenoxy) is 1. The highest BCUT2D eigenvalue weighted by molar-refractivity contribution is 5.90. The smallest absolute Gasteiger partial charge is 0.414 e. The maximum absolute atomic E-state index is 14.7. The number of rotatable bonds is 4. The van der Waals surface area contributed by atoms with E-state index in [0.717, 1.165) is 0 Å². The summed E-state index contributed by atoms with van der Waals surface area (Å²) in [5.74, 6) is -0.661. The first kappa shape index (κ1) is 18.9. The lowest BCUT2D eigenvalue weighted by Gasteiger charge is -2.36. The Balaban J connectivity index is 1.68. The second-order valence-corrected chi connectivity index (χ2v) is 6.94. The molecule has 1 atom stereocenters. The SMILES string of the molecule is CC(=O)NCC1CN(c2ccc(N3CCC(N)(C#N)CC3)c(F)c2)C(=O)O1. The molecule has 1 unspecified atom stereocenters. The maximum atomic E-state index is 14.7. The van der Waals surface area contributed by atoms with Crippen LogP contribution in [0.5, 0.6) is 0 Å². The number of amides is 2.